The molecule has 0 N–H and O–H groups in total. The normalized spacial score (nSPS) is 15.6. The molecule has 0 bridgehead atoms. The van der Waals surface area contributed by atoms with Gasteiger partial charge in [0.25, 0.3) is 0 Å². The van der Waals surface area contributed by atoms with Gasteiger partial charge in [-0.1, -0.05) is 6.07 Å². The second kappa shape index (κ2) is 6.41. The summed E-state index contributed by atoms with van der Waals surface area (Å²) in [6.07, 6.45) is 1.73. The van der Waals surface area contributed by atoms with E-state index >= 15 is 0 Å². The van der Waals surface area contributed by atoms with Gasteiger partial charge < -0.3 is 9.47 Å². The molecule has 0 saturated heterocycles. The highest BCUT2D eigenvalue weighted by atomic mass is 32.2. The van der Waals surface area contributed by atoms with Crippen LogP contribution < -0.4 is 9.47 Å². The molecule has 5 heteroatoms. The van der Waals surface area contributed by atoms with Crippen LogP contribution in [-0.2, 0) is 17.2 Å². The van der Waals surface area contributed by atoms with Crippen molar-refractivity contribution in [1.82, 2.24) is 0 Å². The molecule has 1 aromatic heterocycles. The Hall–Kier alpha value is -1.33. The third-order valence-corrected chi connectivity index (χ3v) is 5.39. The molecule has 3 nitrogen and oxygen atoms in total. The Bertz CT molecular complexity index is 593. The monoisotopic (exact) mass is 308 g/mol. The lowest BCUT2D eigenvalue weighted by Gasteiger charge is -2.09. The molecule has 1 aliphatic rings. The maximum absolute atomic E-state index is 12.3. The minimum absolute atomic E-state index is 0.639. The van der Waals surface area contributed by atoms with Crippen LogP contribution in [0.2, 0.25) is 0 Å². The molecule has 0 amide bonds. The fourth-order valence-corrected chi connectivity index (χ4v) is 3.99. The van der Waals surface area contributed by atoms with E-state index in [1.54, 1.807) is 11.3 Å². The molecule has 0 aliphatic carbocycles. The second-order valence-electron chi connectivity index (χ2n) is 4.54. The first-order valence-electron chi connectivity index (χ1n) is 6.63. The molecule has 1 aliphatic heterocycles. The van der Waals surface area contributed by atoms with E-state index < -0.39 is 10.8 Å². The summed E-state index contributed by atoms with van der Waals surface area (Å²) in [6, 6.07) is 9.69. The highest BCUT2D eigenvalue weighted by Gasteiger charge is 2.13. The molecule has 3 rings (SSSR count). The quantitative estimate of drug-likeness (QED) is 0.869. The molecule has 0 saturated carbocycles. The first kappa shape index (κ1) is 13.6. The number of ether oxygens (including phenoxy) is 2. The fourth-order valence-electron chi connectivity index (χ4n) is 2.05. The average molecular weight is 308 g/mol. The van der Waals surface area contributed by atoms with Crippen LogP contribution in [0.5, 0.6) is 11.5 Å². The van der Waals surface area contributed by atoms with Crippen molar-refractivity contribution < 1.29 is 13.7 Å². The Labute approximate surface area is 125 Å². The summed E-state index contributed by atoms with van der Waals surface area (Å²) >= 11 is 1.71. The smallest absolute Gasteiger partial charge is 0.162 e. The van der Waals surface area contributed by atoms with Gasteiger partial charge in [-0.2, -0.15) is 0 Å². The van der Waals surface area contributed by atoms with Crippen LogP contribution in [0.25, 0.3) is 0 Å². The van der Waals surface area contributed by atoms with Gasteiger partial charge in [-0.3, -0.25) is 4.21 Å². The zero-order valence-corrected chi connectivity index (χ0v) is 12.7. The lowest BCUT2D eigenvalue weighted by Crippen LogP contribution is -2.01. The van der Waals surface area contributed by atoms with E-state index in [2.05, 4.69) is 6.07 Å². The molecular weight excluding hydrogens is 292 g/mol. The van der Waals surface area contributed by atoms with Crippen molar-refractivity contribution in [2.45, 2.75) is 17.7 Å². The molecule has 106 valence electrons. The van der Waals surface area contributed by atoms with Crippen LogP contribution in [0.1, 0.15) is 11.3 Å². The topological polar surface area (TPSA) is 35.5 Å². The van der Waals surface area contributed by atoms with E-state index in [-0.39, 0.29) is 0 Å². The van der Waals surface area contributed by atoms with E-state index in [1.807, 2.05) is 29.6 Å². The number of thiophene rings is 1. The van der Waals surface area contributed by atoms with E-state index in [0.29, 0.717) is 24.7 Å². The zero-order chi connectivity index (χ0) is 13.8. The molecular formula is C15H16O3S2. The first-order chi connectivity index (χ1) is 9.83. The van der Waals surface area contributed by atoms with Crippen LogP contribution in [-0.4, -0.2) is 23.2 Å². The molecule has 1 aromatic carbocycles. The summed E-state index contributed by atoms with van der Waals surface area (Å²) in [5.74, 6) is 2.10. The Morgan fingerprint density at radius 3 is 2.80 bits per heavy atom. The number of hydrogen-bond donors (Lipinski definition) is 0. The Morgan fingerprint density at radius 1 is 1.15 bits per heavy atom. The van der Waals surface area contributed by atoms with Crippen molar-refractivity contribution in [2.75, 3.05) is 19.0 Å². The molecule has 0 spiro atoms. The van der Waals surface area contributed by atoms with Crippen molar-refractivity contribution in [2.24, 2.45) is 0 Å². The summed E-state index contributed by atoms with van der Waals surface area (Å²) in [5.41, 5.74) is 0. The second-order valence-corrected chi connectivity index (χ2v) is 7.14. The largest absolute Gasteiger partial charge is 0.490 e. The van der Waals surface area contributed by atoms with E-state index in [9.17, 15) is 4.21 Å². The van der Waals surface area contributed by atoms with E-state index in [1.165, 1.54) is 4.88 Å². The van der Waals surface area contributed by atoms with Crippen LogP contribution in [0.15, 0.2) is 40.6 Å². The van der Waals surface area contributed by atoms with Crippen molar-refractivity contribution in [3.8, 4) is 11.5 Å². The molecule has 2 aromatic rings. The standard InChI is InChI=1S/C15H16O3S2/c16-20(10-6-12-3-1-9-19-12)13-4-5-14-15(11-13)18-8-2-7-17-14/h1,3-5,9,11H,2,6-8,10H2. The minimum Gasteiger partial charge on any atom is -0.490 e. The summed E-state index contributed by atoms with van der Waals surface area (Å²) in [6.45, 7) is 1.33. The van der Waals surface area contributed by atoms with Gasteiger partial charge >= 0.3 is 0 Å². The van der Waals surface area contributed by atoms with Gasteiger partial charge in [0, 0.05) is 28.0 Å². The summed E-state index contributed by atoms with van der Waals surface area (Å²) in [4.78, 5) is 2.08. The maximum atomic E-state index is 12.3. The number of hydrogen-bond acceptors (Lipinski definition) is 4. The van der Waals surface area contributed by atoms with Crippen LogP contribution >= 0.6 is 11.3 Å². The van der Waals surface area contributed by atoms with Gasteiger partial charge in [0.1, 0.15) is 0 Å². The molecule has 0 radical (unpaired) electrons. The van der Waals surface area contributed by atoms with Gasteiger partial charge in [0.05, 0.1) is 24.0 Å². The van der Waals surface area contributed by atoms with Gasteiger partial charge in [0.2, 0.25) is 0 Å². The highest BCUT2D eigenvalue weighted by molar-refractivity contribution is 7.85. The van der Waals surface area contributed by atoms with Gasteiger partial charge in [-0.15, -0.1) is 11.3 Å². The molecule has 20 heavy (non-hydrogen) atoms. The third-order valence-electron chi connectivity index (χ3n) is 3.10. The first-order valence-corrected chi connectivity index (χ1v) is 8.83. The van der Waals surface area contributed by atoms with Crippen molar-refractivity contribution in [3.63, 3.8) is 0 Å². The number of rotatable bonds is 4. The average Bonchev–Trinajstić information content (AvgIpc) is 2.88. The predicted octanol–water partition coefficient (Wildman–Crippen LogP) is 3.26. The fraction of sp³-hybridized carbons (Fsp3) is 0.333. The zero-order valence-electron chi connectivity index (χ0n) is 11.0. The van der Waals surface area contributed by atoms with Crippen LogP contribution in [0.4, 0.5) is 0 Å². The molecule has 1 unspecified atom stereocenters. The Kier molecular flexibility index (Phi) is 4.38. The molecule has 1 atom stereocenters. The summed E-state index contributed by atoms with van der Waals surface area (Å²) < 4.78 is 23.5. The summed E-state index contributed by atoms with van der Waals surface area (Å²) in [5, 5.41) is 2.05. The van der Waals surface area contributed by atoms with Gasteiger partial charge in [0.15, 0.2) is 11.5 Å². The molecule has 0 fully saturated rings. The number of benzene rings is 1. The third kappa shape index (κ3) is 3.22. The Balaban J connectivity index is 1.70. The minimum atomic E-state index is -1.00. The van der Waals surface area contributed by atoms with E-state index in [0.717, 1.165) is 23.5 Å². The van der Waals surface area contributed by atoms with Crippen LogP contribution in [0, 0.1) is 0 Å². The lowest BCUT2D eigenvalue weighted by atomic mass is 10.3. The Morgan fingerprint density at radius 2 is 2.00 bits per heavy atom. The maximum Gasteiger partial charge on any atom is 0.162 e. The van der Waals surface area contributed by atoms with Crippen molar-refractivity contribution in [3.05, 3.63) is 40.6 Å². The van der Waals surface area contributed by atoms with Gasteiger partial charge in [-0.05, 0) is 30.0 Å². The SMILES string of the molecule is O=S(CCc1cccs1)c1ccc2c(c1)OCCCO2. The number of aryl methyl sites for hydroxylation is 1. The van der Waals surface area contributed by atoms with E-state index in [4.69, 9.17) is 9.47 Å². The molecule has 2 heterocycles. The number of fused-ring (bicyclic) bond motifs is 1. The predicted molar refractivity (Wildman–Crippen MR) is 81.3 cm³/mol. The van der Waals surface area contributed by atoms with Crippen LogP contribution in [0.3, 0.4) is 0 Å². The highest BCUT2D eigenvalue weighted by Crippen LogP contribution is 2.31. The van der Waals surface area contributed by atoms with Crippen molar-refractivity contribution in [1.29, 1.82) is 0 Å². The summed E-state index contributed by atoms with van der Waals surface area (Å²) in [7, 11) is -1.00. The van der Waals surface area contributed by atoms with Gasteiger partial charge in [-0.25, -0.2) is 0 Å². The lowest BCUT2D eigenvalue weighted by molar-refractivity contribution is 0.297. The van der Waals surface area contributed by atoms with Crippen molar-refractivity contribution >= 4 is 22.1 Å².